The maximum atomic E-state index is 13.9. The molecule has 2 aromatic carbocycles. The topological polar surface area (TPSA) is 29.3 Å². The van der Waals surface area contributed by atoms with Crippen LogP contribution in [0.5, 0.6) is 0 Å². The Morgan fingerprint density at radius 3 is 2.24 bits per heavy atom. The average molecular weight is 230 g/mol. The molecule has 0 aromatic heterocycles. The van der Waals surface area contributed by atoms with Crippen LogP contribution in [0.4, 0.5) is 15.8 Å². The third kappa shape index (κ3) is 2.23. The van der Waals surface area contributed by atoms with Crippen LogP contribution in [0, 0.1) is 5.82 Å². The molecule has 2 rings (SSSR count). The highest BCUT2D eigenvalue weighted by Gasteiger charge is 2.11. The molecule has 0 atom stereocenters. The van der Waals surface area contributed by atoms with Crippen LogP contribution in [0.2, 0.25) is 0 Å². The highest BCUT2D eigenvalue weighted by molar-refractivity contribution is 5.79. The van der Waals surface area contributed by atoms with Crippen LogP contribution in [-0.2, 0) is 0 Å². The van der Waals surface area contributed by atoms with Gasteiger partial charge in [-0.3, -0.25) is 0 Å². The number of benzene rings is 2. The zero-order valence-corrected chi connectivity index (χ0v) is 9.94. The van der Waals surface area contributed by atoms with Gasteiger partial charge in [0.2, 0.25) is 0 Å². The van der Waals surface area contributed by atoms with Crippen LogP contribution >= 0.6 is 0 Å². The number of rotatable bonds is 2. The lowest BCUT2D eigenvalue weighted by molar-refractivity contribution is 0.631. The molecule has 0 heterocycles. The number of hydrogen-bond acceptors (Lipinski definition) is 2. The first kappa shape index (κ1) is 11.5. The second-order valence-corrected chi connectivity index (χ2v) is 4.15. The van der Waals surface area contributed by atoms with E-state index in [2.05, 4.69) is 0 Å². The van der Waals surface area contributed by atoms with Gasteiger partial charge >= 0.3 is 0 Å². The number of nitrogens with zero attached hydrogens (tertiary/aromatic N) is 1. The molecule has 0 bridgehead atoms. The summed E-state index contributed by atoms with van der Waals surface area (Å²) in [5, 5.41) is 0. The SMILES string of the molecule is CN(C)c1cccc(F)c1-c1ccc(N)cc1. The van der Waals surface area contributed by atoms with E-state index in [0.29, 0.717) is 11.3 Å². The summed E-state index contributed by atoms with van der Waals surface area (Å²) >= 11 is 0. The maximum absolute atomic E-state index is 13.9. The van der Waals surface area contributed by atoms with Gasteiger partial charge in [-0.2, -0.15) is 0 Å². The van der Waals surface area contributed by atoms with Crippen LogP contribution in [-0.4, -0.2) is 14.1 Å². The summed E-state index contributed by atoms with van der Waals surface area (Å²) in [5.41, 5.74) is 8.61. The summed E-state index contributed by atoms with van der Waals surface area (Å²) in [6, 6.07) is 12.3. The van der Waals surface area contributed by atoms with Crippen molar-refractivity contribution in [3.63, 3.8) is 0 Å². The first-order valence-corrected chi connectivity index (χ1v) is 5.41. The molecule has 0 saturated heterocycles. The van der Waals surface area contributed by atoms with E-state index in [1.807, 2.05) is 37.2 Å². The molecular formula is C14H15FN2. The van der Waals surface area contributed by atoms with E-state index in [1.54, 1.807) is 18.2 Å². The Bertz CT molecular complexity index is 518. The molecule has 0 saturated carbocycles. The maximum Gasteiger partial charge on any atom is 0.133 e. The van der Waals surface area contributed by atoms with Crippen molar-refractivity contribution in [2.24, 2.45) is 0 Å². The van der Waals surface area contributed by atoms with Gasteiger partial charge in [0, 0.05) is 31.0 Å². The zero-order valence-electron chi connectivity index (χ0n) is 9.94. The number of nitrogens with two attached hydrogens (primary N) is 1. The summed E-state index contributed by atoms with van der Waals surface area (Å²) in [6.07, 6.45) is 0. The molecule has 0 aliphatic heterocycles. The molecule has 0 aliphatic rings. The minimum Gasteiger partial charge on any atom is -0.399 e. The smallest absolute Gasteiger partial charge is 0.133 e. The Kier molecular flexibility index (Phi) is 3.00. The summed E-state index contributed by atoms with van der Waals surface area (Å²) in [6.45, 7) is 0. The van der Waals surface area contributed by atoms with E-state index in [1.165, 1.54) is 6.07 Å². The lowest BCUT2D eigenvalue weighted by Gasteiger charge is -2.18. The minimum absolute atomic E-state index is 0.221. The molecule has 0 unspecified atom stereocenters. The fraction of sp³-hybridized carbons (Fsp3) is 0.143. The molecule has 17 heavy (non-hydrogen) atoms. The highest BCUT2D eigenvalue weighted by Crippen LogP contribution is 2.32. The third-order valence-corrected chi connectivity index (χ3v) is 2.67. The second kappa shape index (κ2) is 4.45. The van der Waals surface area contributed by atoms with E-state index >= 15 is 0 Å². The molecule has 2 aromatic rings. The van der Waals surface area contributed by atoms with Gasteiger partial charge in [0.25, 0.3) is 0 Å². The van der Waals surface area contributed by atoms with E-state index in [4.69, 9.17) is 5.73 Å². The van der Waals surface area contributed by atoms with Crippen molar-refractivity contribution in [2.75, 3.05) is 24.7 Å². The van der Waals surface area contributed by atoms with Gasteiger partial charge in [-0.15, -0.1) is 0 Å². The van der Waals surface area contributed by atoms with Gasteiger partial charge in [-0.1, -0.05) is 18.2 Å². The minimum atomic E-state index is -0.221. The number of hydrogen-bond donors (Lipinski definition) is 1. The molecule has 3 heteroatoms. The fourth-order valence-corrected chi connectivity index (χ4v) is 1.82. The fourth-order valence-electron chi connectivity index (χ4n) is 1.82. The van der Waals surface area contributed by atoms with Crippen molar-refractivity contribution in [1.82, 2.24) is 0 Å². The molecule has 0 fully saturated rings. The van der Waals surface area contributed by atoms with Gasteiger partial charge in [0.15, 0.2) is 0 Å². The number of halogens is 1. The van der Waals surface area contributed by atoms with Crippen LogP contribution in [0.1, 0.15) is 0 Å². The molecular weight excluding hydrogens is 215 g/mol. The van der Waals surface area contributed by atoms with Gasteiger partial charge in [-0.25, -0.2) is 4.39 Å². The largest absolute Gasteiger partial charge is 0.399 e. The van der Waals surface area contributed by atoms with Gasteiger partial charge in [0.05, 0.1) is 0 Å². The van der Waals surface area contributed by atoms with Crippen molar-refractivity contribution in [1.29, 1.82) is 0 Å². The van der Waals surface area contributed by atoms with Crippen LogP contribution in [0.15, 0.2) is 42.5 Å². The quantitative estimate of drug-likeness (QED) is 0.803. The van der Waals surface area contributed by atoms with Crippen LogP contribution < -0.4 is 10.6 Å². The standard InChI is InChI=1S/C14H15FN2/c1-17(2)13-5-3-4-12(15)14(13)10-6-8-11(16)9-7-10/h3-9H,16H2,1-2H3. The second-order valence-electron chi connectivity index (χ2n) is 4.15. The van der Waals surface area contributed by atoms with E-state index in [9.17, 15) is 4.39 Å². The Labute approximate surface area is 100 Å². The van der Waals surface area contributed by atoms with E-state index < -0.39 is 0 Å². The molecule has 0 amide bonds. The molecule has 88 valence electrons. The Balaban J connectivity index is 2.61. The van der Waals surface area contributed by atoms with Gasteiger partial charge in [0.1, 0.15) is 5.82 Å². The van der Waals surface area contributed by atoms with Crippen molar-refractivity contribution < 1.29 is 4.39 Å². The summed E-state index contributed by atoms with van der Waals surface area (Å²) < 4.78 is 13.9. The lowest BCUT2D eigenvalue weighted by Crippen LogP contribution is -2.10. The first-order chi connectivity index (χ1) is 8.09. The summed E-state index contributed by atoms with van der Waals surface area (Å²) in [4.78, 5) is 1.90. The predicted molar refractivity (Wildman–Crippen MR) is 70.6 cm³/mol. The van der Waals surface area contributed by atoms with E-state index in [-0.39, 0.29) is 5.82 Å². The average Bonchev–Trinajstić information content (AvgIpc) is 2.30. The number of anilines is 2. The predicted octanol–water partition coefficient (Wildman–Crippen LogP) is 3.14. The zero-order chi connectivity index (χ0) is 12.4. The van der Waals surface area contributed by atoms with Crippen molar-refractivity contribution in [3.05, 3.63) is 48.3 Å². The third-order valence-electron chi connectivity index (χ3n) is 2.67. The molecule has 0 aliphatic carbocycles. The summed E-state index contributed by atoms with van der Waals surface area (Å²) in [5.74, 6) is -0.221. The van der Waals surface area contributed by atoms with Gasteiger partial charge in [-0.05, 0) is 29.8 Å². The van der Waals surface area contributed by atoms with Crippen LogP contribution in [0.3, 0.4) is 0 Å². The van der Waals surface area contributed by atoms with Crippen molar-refractivity contribution >= 4 is 11.4 Å². The first-order valence-electron chi connectivity index (χ1n) is 5.41. The Morgan fingerprint density at radius 2 is 1.65 bits per heavy atom. The molecule has 2 nitrogen and oxygen atoms in total. The Hall–Kier alpha value is -2.03. The summed E-state index contributed by atoms with van der Waals surface area (Å²) in [7, 11) is 3.80. The monoisotopic (exact) mass is 230 g/mol. The van der Waals surface area contributed by atoms with E-state index in [0.717, 1.165) is 11.3 Å². The highest BCUT2D eigenvalue weighted by atomic mass is 19.1. The molecule has 0 spiro atoms. The van der Waals surface area contributed by atoms with Gasteiger partial charge < -0.3 is 10.6 Å². The molecule has 2 N–H and O–H groups in total. The lowest BCUT2D eigenvalue weighted by atomic mass is 10.0. The number of nitrogen functional groups attached to an aromatic ring is 1. The van der Waals surface area contributed by atoms with Crippen molar-refractivity contribution in [2.45, 2.75) is 0 Å². The molecule has 0 radical (unpaired) electrons. The van der Waals surface area contributed by atoms with Crippen molar-refractivity contribution in [3.8, 4) is 11.1 Å². The normalized spacial score (nSPS) is 10.3. The van der Waals surface area contributed by atoms with Crippen LogP contribution in [0.25, 0.3) is 11.1 Å². The Morgan fingerprint density at radius 1 is 1.00 bits per heavy atom.